The van der Waals surface area contributed by atoms with Gasteiger partial charge in [-0.3, -0.25) is 0 Å². The first-order chi connectivity index (χ1) is 13.6. The molecule has 2 aliphatic rings. The Balaban J connectivity index is 1.38. The Labute approximate surface area is 162 Å². The Morgan fingerprint density at radius 2 is 1.89 bits per heavy atom. The Hall–Kier alpha value is -2.80. The number of rotatable bonds is 6. The summed E-state index contributed by atoms with van der Waals surface area (Å²) in [6, 6.07) is 11.1. The molecule has 0 spiro atoms. The van der Waals surface area contributed by atoms with E-state index in [1.165, 1.54) is 12.1 Å². The molecule has 1 heterocycles. The lowest BCUT2D eigenvalue weighted by Gasteiger charge is -2.23. The standard InChI is InChI=1S/C21H23FN2O4/c22-16-4-2-1-3-15(16)17(25)12-23-21(26)24-20(13-5-6-13)14-7-8-18-19(11-14)28-10-9-27-18/h1-4,7-8,11,13,17,20,25H,5-6,9-10,12H2,(H2,23,24,26). The number of aliphatic hydroxyl groups is 1. The first-order valence-corrected chi connectivity index (χ1v) is 9.48. The summed E-state index contributed by atoms with van der Waals surface area (Å²) in [4.78, 5) is 12.4. The van der Waals surface area contributed by atoms with Crippen molar-refractivity contribution in [2.75, 3.05) is 19.8 Å². The zero-order valence-corrected chi connectivity index (χ0v) is 15.4. The number of amides is 2. The highest BCUT2D eigenvalue weighted by molar-refractivity contribution is 5.74. The molecule has 0 saturated heterocycles. The first-order valence-electron chi connectivity index (χ1n) is 9.48. The van der Waals surface area contributed by atoms with E-state index < -0.39 is 18.0 Å². The van der Waals surface area contributed by atoms with Crippen molar-refractivity contribution in [1.29, 1.82) is 0 Å². The normalized spacial score (nSPS) is 17.5. The predicted octanol–water partition coefficient (Wildman–Crippen LogP) is 3.08. The molecule has 1 aliphatic heterocycles. The third kappa shape index (κ3) is 4.20. The van der Waals surface area contributed by atoms with Crippen LogP contribution in [0.4, 0.5) is 9.18 Å². The minimum Gasteiger partial charge on any atom is -0.486 e. The van der Waals surface area contributed by atoms with Gasteiger partial charge in [-0.1, -0.05) is 24.3 Å². The van der Waals surface area contributed by atoms with Crippen LogP contribution in [0.3, 0.4) is 0 Å². The predicted molar refractivity (Wildman–Crippen MR) is 101 cm³/mol. The highest BCUT2D eigenvalue weighted by Crippen LogP contribution is 2.43. The van der Waals surface area contributed by atoms with Crippen molar-refractivity contribution in [3.8, 4) is 11.5 Å². The van der Waals surface area contributed by atoms with Gasteiger partial charge in [0.05, 0.1) is 12.1 Å². The number of aliphatic hydroxyl groups excluding tert-OH is 1. The maximum atomic E-state index is 13.7. The summed E-state index contributed by atoms with van der Waals surface area (Å²) in [5.41, 5.74) is 1.12. The number of carbonyl (C=O) groups is 1. The van der Waals surface area contributed by atoms with E-state index in [2.05, 4.69) is 10.6 Å². The van der Waals surface area contributed by atoms with Crippen molar-refractivity contribution < 1.29 is 23.8 Å². The van der Waals surface area contributed by atoms with Crippen LogP contribution in [-0.4, -0.2) is 30.9 Å². The molecule has 148 valence electrons. The SMILES string of the molecule is O=C(NCC(O)c1ccccc1F)NC(c1ccc2c(c1)OCCO2)C1CC1. The van der Waals surface area contributed by atoms with Crippen LogP contribution in [0.25, 0.3) is 0 Å². The molecule has 4 rings (SSSR count). The molecular formula is C21H23FN2O4. The van der Waals surface area contributed by atoms with E-state index in [0.717, 1.165) is 18.4 Å². The molecule has 28 heavy (non-hydrogen) atoms. The third-order valence-electron chi connectivity index (χ3n) is 5.03. The molecular weight excluding hydrogens is 363 g/mol. The van der Waals surface area contributed by atoms with Gasteiger partial charge in [0.1, 0.15) is 19.0 Å². The summed E-state index contributed by atoms with van der Waals surface area (Å²) in [7, 11) is 0. The van der Waals surface area contributed by atoms with Gasteiger partial charge < -0.3 is 25.2 Å². The van der Waals surface area contributed by atoms with E-state index in [1.807, 2.05) is 18.2 Å². The number of benzene rings is 2. The number of nitrogens with one attached hydrogen (secondary N) is 2. The quantitative estimate of drug-likeness (QED) is 0.713. The van der Waals surface area contributed by atoms with Crippen molar-refractivity contribution in [2.45, 2.75) is 25.0 Å². The minimum absolute atomic E-state index is 0.0781. The second-order valence-corrected chi connectivity index (χ2v) is 7.11. The Morgan fingerprint density at radius 1 is 1.14 bits per heavy atom. The van der Waals surface area contributed by atoms with Gasteiger partial charge in [0.2, 0.25) is 0 Å². The number of fused-ring (bicyclic) bond motifs is 1. The third-order valence-corrected chi connectivity index (χ3v) is 5.03. The lowest BCUT2D eigenvalue weighted by Crippen LogP contribution is -2.40. The van der Waals surface area contributed by atoms with Gasteiger partial charge >= 0.3 is 6.03 Å². The van der Waals surface area contributed by atoms with Crippen LogP contribution in [-0.2, 0) is 0 Å². The molecule has 2 aromatic rings. The fraction of sp³-hybridized carbons (Fsp3) is 0.381. The minimum atomic E-state index is -1.11. The second kappa shape index (κ2) is 8.06. The fourth-order valence-electron chi connectivity index (χ4n) is 3.39. The van der Waals surface area contributed by atoms with Crippen LogP contribution in [0.2, 0.25) is 0 Å². The number of halogens is 1. The molecule has 1 fully saturated rings. The summed E-state index contributed by atoms with van der Waals surface area (Å²) >= 11 is 0. The van der Waals surface area contributed by atoms with E-state index >= 15 is 0 Å². The topological polar surface area (TPSA) is 79.8 Å². The van der Waals surface area contributed by atoms with E-state index in [9.17, 15) is 14.3 Å². The van der Waals surface area contributed by atoms with E-state index in [-0.39, 0.29) is 18.2 Å². The molecule has 6 nitrogen and oxygen atoms in total. The first kappa shape index (κ1) is 18.6. The molecule has 1 saturated carbocycles. The summed E-state index contributed by atoms with van der Waals surface area (Å²) in [6.45, 7) is 0.959. The highest BCUT2D eigenvalue weighted by atomic mass is 19.1. The Bertz CT molecular complexity index is 856. The Morgan fingerprint density at radius 3 is 2.64 bits per heavy atom. The van der Waals surface area contributed by atoms with E-state index in [0.29, 0.717) is 30.6 Å². The van der Waals surface area contributed by atoms with Crippen LogP contribution in [0.1, 0.15) is 36.1 Å². The summed E-state index contributed by atoms with van der Waals surface area (Å²) in [5, 5.41) is 15.7. The lowest BCUT2D eigenvalue weighted by atomic mass is 10.0. The maximum absolute atomic E-state index is 13.7. The molecule has 3 N–H and O–H groups in total. The van der Waals surface area contributed by atoms with Crippen molar-refractivity contribution in [3.63, 3.8) is 0 Å². The number of urea groups is 1. The van der Waals surface area contributed by atoms with Crippen LogP contribution in [0.15, 0.2) is 42.5 Å². The summed E-state index contributed by atoms with van der Waals surface area (Å²) in [6.07, 6.45) is 0.967. The Kier molecular flexibility index (Phi) is 5.34. The fourth-order valence-corrected chi connectivity index (χ4v) is 3.39. The van der Waals surface area contributed by atoms with Gasteiger partial charge in [0, 0.05) is 12.1 Å². The van der Waals surface area contributed by atoms with Gasteiger partial charge in [-0.05, 0) is 42.5 Å². The molecule has 0 aromatic heterocycles. The number of hydrogen-bond donors (Lipinski definition) is 3. The lowest BCUT2D eigenvalue weighted by molar-refractivity contribution is 0.168. The number of hydrogen-bond acceptors (Lipinski definition) is 4. The van der Waals surface area contributed by atoms with Gasteiger partial charge in [0.15, 0.2) is 11.5 Å². The average molecular weight is 386 g/mol. The number of ether oxygens (including phenoxy) is 2. The molecule has 1 aliphatic carbocycles. The summed E-state index contributed by atoms with van der Waals surface area (Å²) < 4.78 is 24.9. The zero-order chi connectivity index (χ0) is 19.5. The van der Waals surface area contributed by atoms with E-state index in [4.69, 9.17) is 9.47 Å². The monoisotopic (exact) mass is 386 g/mol. The van der Waals surface area contributed by atoms with Gasteiger partial charge in [-0.25, -0.2) is 9.18 Å². The molecule has 0 bridgehead atoms. The molecule has 2 aromatic carbocycles. The van der Waals surface area contributed by atoms with Crippen LogP contribution in [0, 0.1) is 11.7 Å². The molecule has 7 heteroatoms. The van der Waals surface area contributed by atoms with Gasteiger partial charge in [-0.15, -0.1) is 0 Å². The summed E-state index contributed by atoms with van der Waals surface area (Å²) in [5.74, 6) is 1.27. The molecule has 2 unspecified atom stereocenters. The van der Waals surface area contributed by atoms with Crippen LogP contribution >= 0.6 is 0 Å². The average Bonchev–Trinajstić information content (AvgIpc) is 3.55. The number of carbonyl (C=O) groups excluding carboxylic acids is 1. The van der Waals surface area contributed by atoms with Crippen molar-refractivity contribution in [1.82, 2.24) is 10.6 Å². The molecule has 2 atom stereocenters. The highest BCUT2D eigenvalue weighted by Gasteiger charge is 2.34. The van der Waals surface area contributed by atoms with Crippen LogP contribution in [0.5, 0.6) is 11.5 Å². The van der Waals surface area contributed by atoms with Crippen molar-refractivity contribution >= 4 is 6.03 Å². The zero-order valence-electron chi connectivity index (χ0n) is 15.4. The smallest absolute Gasteiger partial charge is 0.315 e. The van der Waals surface area contributed by atoms with Gasteiger partial charge in [-0.2, -0.15) is 0 Å². The molecule has 0 radical (unpaired) electrons. The van der Waals surface area contributed by atoms with Crippen molar-refractivity contribution in [3.05, 3.63) is 59.4 Å². The largest absolute Gasteiger partial charge is 0.486 e. The van der Waals surface area contributed by atoms with Crippen molar-refractivity contribution in [2.24, 2.45) is 5.92 Å². The second-order valence-electron chi connectivity index (χ2n) is 7.11. The maximum Gasteiger partial charge on any atom is 0.315 e. The van der Waals surface area contributed by atoms with E-state index in [1.54, 1.807) is 12.1 Å². The molecule has 2 amide bonds. The van der Waals surface area contributed by atoms with Crippen LogP contribution < -0.4 is 20.1 Å². The van der Waals surface area contributed by atoms with Gasteiger partial charge in [0.25, 0.3) is 0 Å².